The molecule has 0 bridgehead atoms. The number of nitriles is 1. The van der Waals surface area contributed by atoms with Crippen LogP contribution in [0.15, 0.2) is 30.3 Å². The lowest BCUT2D eigenvalue weighted by Gasteiger charge is -2.29. The highest BCUT2D eigenvalue weighted by atomic mass is 16.5. The lowest BCUT2D eigenvalue weighted by molar-refractivity contribution is -0.127. The van der Waals surface area contributed by atoms with Gasteiger partial charge in [-0.15, -0.1) is 0 Å². The molecule has 1 aliphatic heterocycles. The normalized spacial score (nSPS) is 15.9. The third kappa shape index (κ3) is 4.64. The molecule has 0 atom stereocenters. The van der Waals surface area contributed by atoms with E-state index >= 15 is 0 Å². The molecule has 0 aliphatic carbocycles. The molecule has 1 saturated heterocycles. The zero-order valence-electron chi connectivity index (χ0n) is 12.3. The van der Waals surface area contributed by atoms with Gasteiger partial charge in [-0.2, -0.15) is 5.26 Å². The molecule has 1 aromatic rings. The first-order chi connectivity index (χ1) is 10.2. The summed E-state index contributed by atoms with van der Waals surface area (Å²) in [5, 5.41) is 8.44. The van der Waals surface area contributed by atoms with Crippen molar-refractivity contribution in [2.45, 2.75) is 19.8 Å². The number of likely N-dealkylation sites (tertiary alicyclic amines) is 1. The molecular formula is C17H20N2O2. The van der Waals surface area contributed by atoms with Gasteiger partial charge in [-0.05, 0) is 42.5 Å². The number of rotatable bonds is 4. The van der Waals surface area contributed by atoms with Crippen molar-refractivity contribution in [2.75, 3.05) is 19.7 Å². The van der Waals surface area contributed by atoms with Gasteiger partial charge in [0.25, 0.3) is 0 Å². The minimum absolute atomic E-state index is 0.0427. The standard InChI is InChI=1S/C17H20N2O2/c1-14-8-11-19(12-9-14)17(20)7-4-15-2-5-16(6-3-15)21-13-10-18/h2-7,14H,8-9,11-13H2,1H3. The van der Waals surface area contributed by atoms with Crippen LogP contribution in [0.2, 0.25) is 0 Å². The number of benzene rings is 1. The number of carbonyl (C=O) groups is 1. The third-order valence-corrected chi connectivity index (χ3v) is 3.70. The smallest absolute Gasteiger partial charge is 0.246 e. The van der Waals surface area contributed by atoms with Gasteiger partial charge >= 0.3 is 0 Å². The van der Waals surface area contributed by atoms with Crippen molar-refractivity contribution in [2.24, 2.45) is 5.92 Å². The quantitative estimate of drug-likeness (QED) is 0.799. The van der Waals surface area contributed by atoms with Crippen LogP contribution in [0.3, 0.4) is 0 Å². The monoisotopic (exact) mass is 284 g/mol. The second kappa shape index (κ2) is 7.49. The van der Waals surface area contributed by atoms with Gasteiger partial charge in [-0.1, -0.05) is 19.1 Å². The molecule has 0 unspecified atom stereocenters. The maximum Gasteiger partial charge on any atom is 0.246 e. The summed E-state index contributed by atoms with van der Waals surface area (Å²) >= 11 is 0. The molecule has 1 fully saturated rings. The molecule has 1 aromatic carbocycles. The minimum Gasteiger partial charge on any atom is -0.479 e. The van der Waals surface area contributed by atoms with Crippen molar-refractivity contribution >= 4 is 12.0 Å². The van der Waals surface area contributed by atoms with Crippen LogP contribution in [0, 0.1) is 17.2 Å². The fourth-order valence-electron chi connectivity index (χ4n) is 2.29. The van der Waals surface area contributed by atoms with E-state index < -0.39 is 0 Å². The first-order valence-corrected chi connectivity index (χ1v) is 7.26. The molecule has 0 saturated carbocycles. The van der Waals surface area contributed by atoms with Gasteiger partial charge < -0.3 is 9.64 Å². The average molecular weight is 284 g/mol. The van der Waals surface area contributed by atoms with Crippen LogP contribution in [0.1, 0.15) is 25.3 Å². The van der Waals surface area contributed by atoms with E-state index in [-0.39, 0.29) is 12.5 Å². The van der Waals surface area contributed by atoms with E-state index in [1.807, 2.05) is 29.2 Å². The number of carbonyl (C=O) groups excluding carboxylic acids is 1. The molecule has 1 heterocycles. The molecular weight excluding hydrogens is 264 g/mol. The molecule has 1 aliphatic rings. The number of hydrogen-bond donors (Lipinski definition) is 0. The fourth-order valence-corrected chi connectivity index (χ4v) is 2.29. The van der Waals surface area contributed by atoms with Crippen LogP contribution in [-0.4, -0.2) is 30.5 Å². The zero-order valence-corrected chi connectivity index (χ0v) is 12.3. The second-order valence-corrected chi connectivity index (χ2v) is 5.36. The SMILES string of the molecule is CC1CCN(C(=O)C=Cc2ccc(OCC#N)cc2)CC1. The Kier molecular flexibility index (Phi) is 5.39. The van der Waals surface area contributed by atoms with E-state index in [0.717, 1.165) is 37.4 Å². The van der Waals surface area contributed by atoms with Crippen LogP contribution in [0.25, 0.3) is 6.08 Å². The highest BCUT2D eigenvalue weighted by molar-refractivity contribution is 5.91. The van der Waals surface area contributed by atoms with Gasteiger partial charge in [-0.25, -0.2) is 0 Å². The van der Waals surface area contributed by atoms with E-state index in [2.05, 4.69) is 6.92 Å². The van der Waals surface area contributed by atoms with Gasteiger partial charge in [0.1, 0.15) is 11.8 Å². The molecule has 2 rings (SSSR count). The van der Waals surface area contributed by atoms with E-state index in [0.29, 0.717) is 5.75 Å². The van der Waals surface area contributed by atoms with Crippen LogP contribution in [0.5, 0.6) is 5.75 Å². The van der Waals surface area contributed by atoms with Crippen molar-refractivity contribution in [3.8, 4) is 11.8 Å². The lowest BCUT2D eigenvalue weighted by atomic mass is 9.99. The molecule has 0 radical (unpaired) electrons. The predicted octanol–water partition coefficient (Wildman–Crippen LogP) is 2.86. The van der Waals surface area contributed by atoms with Crippen LogP contribution in [-0.2, 0) is 4.79 Å². The van der Waals surface area contributed by atoms with Crippen LogP contribution >= 0.6 is 0 Å². The fraction of sp³-hybridized carbons (Fsp3) is 0.412. The Labute approximate surface area is 125 Å². The highest BCUT2D eigenvalue weighted by Gasteiger charge is 2.18. The van der Waals surface area contributed by atoms with Crippen molar-refractivity contribution < 1.29 is 9.53 Å². The van der Waals surface area contributed by atoms with Crippen molar-refractivity contribution in [3.63, 3.8) is 0 Å². The average Bonchev–Trinajstić information content (AvgIpc) is 2.52. The lowest BCUT2D eigenvalue weighted by Crippen LogP contribution is -2.36. The second-order valence-electron chi connectivity index (χ2n) is 5.36. The Morgan fingerprint density at radius 3 is 2.67 bits per heavy atom. The summed E-state index contributed by atoms with van der Waals surface area (Å²) < 4.78 is 5.18. The zero-order chi connectivity index (χ0) is 15.1. The summed E-state index contributed by atoms with van der Waals surface area (Å²) in [4.78, 5) is 14.0. The Morgan fingerprint density at radius 2 is 2.05 bits per heavy atom. The van der Waals surface area contributed by atoms with E-state index in [9.17, 15) is 4.79 Å². The number of nitrogens with zero attached hydrogens (tertiary/aromatic N) is 2. The summed E-state index contributed by atoms with van der Waals surface area (Å²) in [6, 6.07) is 9.25. The summed E-state index contributed by atoms with van der Waals surface area (Å²) in [5.74, 6) is 1.45. The Balaban J connectivity index is 1.88. The number of hydrogen-bond acceptors (Lipinski definition) is 3. The summed E-state index contributed by atoms with van der Waals surface area (Å²) in [6.07, 6.45) is 5.62. The van der Waals surface area contributed by atoms with Gasteiger partial charge in [0.2, 0.25) is 5.91 Å². The first kappa shape index (κ1) is 15.1. The molecule has 110 valence electrons. The molecule has 0 spiro atoms. The maximum absolute atomic E-state index is 12.1. The Morgan fingerprint density at radius 1 is 1.38 bits per heavy atom. The molecule has 0 N–H and O–H groups in total. The Bertz CT molecular complexity index is 535. The first-order valence-electron chi connectivity index (χ1n) is 7.26. The van der Waals surface area contributed by atoms with E-state index in [1.54, 1.807) is 18.2 Å². The highest BCUT2D eigenvalue weighted by Crippen LogP contribution is 2.17. The van der Waals surface area contributed by atoms with E-state index in [1.165, 1.54) is 0 Å². The minimum atomic E-state index is 0.0427. The molecule has 4 nitrogen and oxygen atoms in total. The number of piperidine rings is 1. The van der Waals surface area contributed by atoms with Crippen LogP contribution < -0.4 is 4.74 Å². The maximum atomic E-state index is 12.1. The third-order valence-electron chi connectivity index (χ3n) is 3.70. The van der Waals surface area contributed by atoms with Crippen LogP contribution in [0.4, 0.5) is 0 Å². The molecule has 0 aromatic heterocycles. The number of amides is 1. The molecule has 4 heteroatoms. The number of ether oxygens (including phenoxy) is 1. The Hall–Kier alpha value is -2.28. The van der Waals surface area contributed by atoms with Crippen molar-refractivity contribution in [1.29, 1.82) is 5.26 Å². The van der Waals surface area contributed by atoms with Gasteiger partial charge in [0.15, 0.2) is 6.61 Å². The molecule has 21 heavy (non-hydrogen) atoms. The van der Waals surface area contributed by atoms with E-state index in [4.69, 9.17) is 10.00 Å². The molecule has 1 amide bonds. The van der Waals surface area contributed by atoms with Crippen molar-refractivity contribution in [1.82, 2.24) is 4.90 Å². The van der Waals surface area contributed by atoms with Gasteiger partial charge in [0, 0.05) is 19.2 Å². The largest absolute Gasteiger partial charge is 0.479 e. The van der Waals surface area contributed by atoms with Gasteiger partial charge in [0.05, 0.1) is 0 Å². The summed E-state index contributed by atoms with van der Waals surface area (Å²) in [7, 11) is 0. The van der Waals surface area contributed by atoms with Gasteiger partial charge in [-0.3, -0.25) is 4.79 Å². The summed E-state index contributed by atoms with van der Waals surface area (Å²) in [6.45, 7) is 3.98. The predicted molar refractivity (Wildman–Crippen MR) is 81.6 cm³/mol. The summed E-state index contributed by atoms with van der Waals surface area (Å²) in [5.41, 5.74) is 0.943. The van der Waals surface area contributed by atoms with Crippen molar-refractivity contribution in [3.05, 3.63) is 35.9 Å². The topological polar surface area (TPSA) is 53.3 Å².